The van der Waals surface area contributed by atoms with Gasteiger partial charge in [0.25, 0.3) is 0 Å². The van der Waals surface area contributed by atoms with Crippen LogP contribution in [0.4, 0.5) is 0 Å². The van der Waals surface area contributed by atoms with Gasteiger partial charge in [0.15, 0.2) is 0 Å². The van der Waals surface area contributed by atoms with Crippen LogP contribution in [-0.2, 0) is 0 Å². The summed E-state index contributed by atoms with van der Waals surface area (Å²) in [6, 6.07) is 0. The normalized spacial score (nSPS) is 26.4. The van der Waals surface area contributed by atoms with Gasteiger partial charge in [0.2, 0.25) is 0 Å². The van der Waals surface area contributed by atoms with E-state index in [4.69, 9.17) is 0 Å². The average Bonchev–Trinajstić information content (AvgIpc) is 2.15. The fourth-order valence-electron chi connectivity index (χ4n) is 2.44. The van der Waals surface area contributed by atoms with E-state index in [9.17, 15) is 0 Å². The van der Waals surface area contributed by atoms with Crippen LogP contribution in [0.3, 0.4) is 0 Å². The molecule has 0 aromatic rings. The lowest BCUT2D eigenvalue weighted by Crippen LogP contribution is -2.38. The highest BCUT2D eigenvalue weighted by Crippen LogP contribution is 2.48. The highest BCUT2D eigenvalue weighted by molar-refractivity contribution is 6.84. The van der Waals surface area contributed by atoms with Crippen LogP contribution in [0, 0.1) is 0 Å². The molecule has 1 rings (SSSR count). The Morgan fingerprint density at radius 3 is 2.00 bits per heavy atom. The second kappa shape index (κ2) is 4.73. The maximum absolute atomic E-state index is 2.52. The van der Waals surface area contributed by atoms with E-state index < -0.39 is 16.1 Å². The number of rotatable bonds is 3. The number of hydrogen-bond acceptors (Lipinski definition) is 0. The fourth-order valence-corrected chi connectivity index (χ4v) is 5.70. The summed E-state index contributed by atoms with van der Waals surface area (Å²) < 4.78 is 0. The molecular formula is C15H28Si2. The second-order valence-corrected chi connectivity index (χ2v) is 17.7. The molecule has 2 heteroatoms. The third-order valence-corrected chi connectivity index (χ3v) is 9.38. The Labute approximate surface area is 110 Å². The highest BCUT2D eigenvalue weighted by atomic mass is 28.3. The molecule has 0 saturated carbocycles. The lowest BCUT2D eigenvalue weighted by molar-refractivity contribution is 0.800. The Morgan fingerprint density at radius 1 is 1.12 bits per heavy atom. The molecule has 0 fully saturated rings. The Morgan fingerprint density at radius 2 is 1.71 bits per heavy atom. The SMILES string of the molecule is CC=CC1([Si](C)(C)C)C=CC([Si](C)(C)C)=CC1. The van der Waals surface area contributed by atoms with Crippen molar-refractivity contribution in [1.29, 1.82) is 0 Å². The van der Waals surface area contributed by atoms with Crippen LogP contribution in [0.5, 0.6) is 0 Å². The topological polar surface area (TPSA) is 0 Å². The third-order valence-electron chi connectivity index (χ3n) is 3.95. The zero-order chi connectivity index (χ0) is 13.3. The van der Waals surface area contributed by atoms with Crippen LogP contribution >= 0.6 is 0 Å². The molecule has 0 bridgehead atoms. The molecule has 0 spiro atoms. The molecule has 0 amide bonds. The van der Waals surface area contributed by atoms with Crippen LogP contribution in [0.2, 0.25) is 44.3 Å². The molecule has 0 saturated heterocycles. The van der Waals surface area contributed by atoms with Gasteiger partial charge < -0.3 is 0 Å². The lowest BCUT2D eigenvalue weighted by atomic mass is 9.98. The summed E-state index contributed by atoms with van der Waals surface area (Å²) in [5, 5.41) is 1.96. The molecule has 0 radical (unpaired) electrons. The lowest BCUT2D eigenvalue weighted by Gasteiger charge is -2.41. The maximum atomic E-state index is 2.52. The van der Waals surface area contributed by atoms with E-state index in [1.165, 1.54) is 6.42 Å². The Kier molecular flexibility index (Phi) is 4.10. The minimum atomic E-state index is -1.22. The summed E-state index contributed by atoms with van der Waals surface area (Å²) in [7, 11) is -2.35. The molecular weight excluding hydrogens is 236 g/mol. The molecule has 1 atom stereocenters. The van der Waals surface area contributed by atoms with Crippen molar-refractivity contribution in [3.63, 3.8) is 0 Å². The molecule has 0 N–H and O–H groups in total. The summed E-state index contributed by atoms with van der Waals surface area (Å²) in [5.74, 6) is 0. The molecule has 1 unspecified atom stereocenters. The third kappa shape index (κ3) is 3.11. The minimum Gasteiger partial charge on any atom is -0.0911 e. The van der Waals surface area contributed by atoms with Gasteiger partial charge in [0.05, 0.1) is 16.1 Å². The number of hydrogen-bond donors (Lipinski definition) is 0. The smallest absolute Gasteiger partial charge is 0.0771 e. The van der Waals surface area contributed by atoms with Crippen molar-refractivity contribution in [2.75, 3.05) is 0 Å². The fraction of sp³-hybridized carbons (Fsp3) is 0.600. The standard InChI is InChI=1S/C15H28Si2/c1-8-11-15(17(5,6)7)12-9-14(10-13-15)16(2,3)4/h8-12H,13H2,1-7H3. The first-order valence-electron chi connectivity index (χ1n) is 6.66. The van der Waals surface area contributed by atoms with Crippen LogP contribution in [0.15, 0.2) is 35.6 Å². The quantitative estimate of drug-likeness (QED) is 0.472. The first-order chi connectivity index (χ1) is 7.62. The maximum Gasteiger partial charge on any atom is 0.0771 e. The summed E-state index contributed by atoms with van der Waals surface area (Å²) in [6.07, 6.45) is 13.3. The summed E-state index contributed by atoms with van der Waals surface area (Å²) >= 11 is 0. The van der Waals surface area contributed by atoms with Crippen molar-refractivity contribution >= 4 is 16.1 Å². The monoisotopic (exact) mass is 264 g/mol. The summed E-state index contributed by atoms with van der Waals surface area (Å²) in [5.41, 5.74) is 0. The predicted octanol–water partition coefficient (Wildman–Crippen LogP) is 5.40. The molecule has 0 nitrogen and oxygen atoms in total. The first kappa shape index (κ1) is 14.7. The van der Waals surface area contributed by atoms with E-state index in [1.807, 2.05) is 0 Å². The summed E-state index contributed by atoms with van der Waals surface area (Å²) in [6.45, 7) is 16.9. The molecule has 0 aromatic heterocycles. The minimum absolute atomic E-state index is 0.338. The van der Waals surface area contributed by atoms with Crippen molar-refractivity contribution < 1.29 is 0 Å². The van der Waals surface area contributed by atoms with E-state index in [-0.39, 0.29) is 0 Å². The zero-order valence-electron chi connectivity index (χ0n) is 12.6. The van der Waals surface area contributed by atoms with Gasteiger partial charge >= 0.3 is 0 Å². The van der Waals surface area contributed by atoms with Crippen LogP contribution in [-0.4, -0.2) is 16.1 Å². The Hall–Kier alpha value is -0.346. The molecule has 96 valence electrons. The number of allylic oxidation sites excluding steroid dienone is 6. The molecule has 0 aromatic carbocycles. The van der Waals surface area contributed by atoms with Crippen molar-refractivity contribution in [3.05, 3.63) is 35.6 Å². The van der Waals surface area contributed by atoms with Gasteiger partial charge in [-0.25, -0.2) is 0 Å². The Balaban J connectivity index is 3.07. The van der Waals surface area contributed by atoms with Crippen LogP contribution < -0.4 is 0 Å². The Bertz CT molecular complexity index is 361. The summed E-state index contributed by atoms with van der Waals surface area (Å²) in [4.78, 5) is 0. The van der Waals surface area contributed by atoms with Crippen molar-refractivity contribution in [3.8, 4) is 0 Å². The molecule has 0 aliphatic heterocycles. The van der Waals surface area contributed by atoms with E-state index in [0.717, 1.165) is 0 Å². The van der Waals surface area contributed by atoms with Gasteiger partial charge in [-0.05, 0) is 13.3 Å². The van der Waals surface area contributed by atoms with Gasteiger partial charge in [0.1, 0.15) is 0 Å². The van der Waals surface area contributed by atoms with Crippen molar-refractivity contribution in [1.82, 2.24) is 0 Å². The zero-order valence-corrected chi connectivity index (χ0v) is 14.6. The van der Waals surface area contributed by atoms with Gasteiger partial charge in [-0.1, -0.05) is 74.9 Å². The van der Waals surface area contributed by atoms with Gasteiger partial charge in [-0.3, -0.25) is 0 Å². The van der Waals surface area contributed by atoms with E-state index in [1.54, 1.807) is 5.20 Å². The second-order valence-electron chi connectivity index (χ2n) is 7.24. The molecule has 17 heavy (non-hydrogen) atoms. The average molecular weight is 265 g/mol. The predicted molar refractivity (Wildman–Crippen MR) is 86.0 cm³/mol. The van der Waals surface area contributed by atoms with Gasteiger partial charge in [0, 0.05) is 5.04 Å². The first-order valence-corrected chi connectivity index (χ1v) is 13.7. The van der Waals surface area contributed by atoms with Crippen molar-refractivity contribution in [2.24, 2.45) is 0 Å². The van der Waals surface area contributed by atoms with Gasteiger partial charge in [-0.2, -0.15) is 0 Å². The van der Waals surface area contributed by atoms with E-state index in [0.29, 0.717) is 5.04 Å². The van der Waals surface area contributed by atoms with Gasteiger partial charge in [-0.15, -0.1) is 0 Å². The van der Waals surface area contributed by atoms with Crippen molar-refractivity contribution in [2.45, 2.75) is 57.7 Å². The molecule has 0 heterocycles. The van der Waals surface area contributed by atoms with Crippen LogP contribution in [0.1, 0.15) is 13.3 Å². The van der Waals surface area contributed by atoms with E-state index >= 15 is 0 Å². The molecule has 1 aliphatic carbocycles. The van der Waals surface area contributed by atoms with E-state index in [2.05, 4.69) is 76.6 Å². The molecule has 1 aliphatic rings. The highest BCUT2D eigenvalue weighted by Gasteiger charge is 2.39. The van der Waals surface area contributed by atoms with Crippen LogP contribution in [0.25, 0.3) is 0 Å². The largest absolute Gasteiger partial charge is 0.0911 e.